The van der Waals surface area contributed by atoms with Crippen LogP contribution in [0.3, 0.4) is 0 Å². The standard InChI is InChI=1S/C14H14ClNO2S/c1-2-11-7-3-5-9-13(11)16-19(17,18)14-10-6-4-8-12(14)15/h3-10,16H,2H2,1H3. The number of hydrogen-bond acceptors (Lipinski definition) is 2. The number of rotatable bonds is 4. The van der Waals surface area contributed by atoms with Gasteiger partial charge in [0, 0.05) is 0 Å². The SMILES string of the molecule is CCc1ccccc1NS(=O)(=O)c1ccccc1Cl. The zero-order valence-corrected chi connectivity index (χ0v) is 12.0. The Morgan fingerprint density at radius 3 is 2.37 bits per heavy atom. The molecule has 0 amide bonds. The lowest BCUT2D eigenvalue weighted by molar-refractivity contribution is 0.601. The third-order valence-electron chi connectivity index (χ3n) is 2.77. The predicted octanol–water partition coefficient (Wildman–Crippen LogP) is 3.70. The van der Waals surface area contributed by atoms with E-state index in [0.29, 0.717) is 5.69 Å². The Balaban J connectivity index is 2.40. The van der Waals surface area contributed by atoms with E-state index in [4.69, 9.17) is 11.6 Å². The first-order valence-corrected chi connectivity index (χ1v) is 7.76. The molecule has 19 heavy (non-hydrogen) atoms. The van der Waals surface area contributed by atoms with Crippen molar-refractivity contribution < 1.29 is 8.42 Å². The number of sulfonamides is 1. The van der Waals surface area contributed by atoms with Gasteiger partial charge in [-0.05, 0) is 30.2 Å². The lowest BCUT2D eigenvalue weighted by Gasteiger charge is -2.12. The second-order valence-corrected chi connectivity index (χ2v) is 6.10. The van der Waals surface area contributed by atoms with Crippen LogP contribution in [0.4, 0.5) is 5.69 Å². The largest absolute Gasteiger partial charge is 0.279 e. The number of aryl methyl sites for hydroxylation is 1. The maximum Gasteiger partial charge on any atom is 0.263 e. The molecule has 0 saturated heterocycles. The molecule has 0 saturated carbocycles. The molecule has 0 aliphatic carbocycles. The van der Waals surface area contributed by atoms with Gasteiger partial charge in [0.1, 0.15) is 4.90 Å². The molecular formula is C14H14ClNO2S. The Kier molecular flexibility index (Phi) is 4.12. The molecule has 0 aromatic heterocycles. The number of benzene rings is 2. The van der Waals surface area contributed by atoms with E-state index < -0.39 is 10.0 Å². The molecule has 2 aromatic carbocycles. The molecule has 1 N–H and O–H groups in total. The van der Waals surface area contributed by atoms with E-state index in [1.165, 1.54) is 6.07 Å². The molecule has 0 heterocycles. The molecule has 0 aliphatic heterocycles. The summed E-state index contributed by atoms with van der Waals surface area (Å²) in [5, 5.41) is 0.212. The van der Waals surface area contributed by atoms with Crippen molar-refractivity contribution in [3.63, 3.8) is 0 Å². The molecule has 3 nitrogen and oxygen atoms in total. The topological polar surface area (TPSA) is 46.2 Å². The van der Waals surface area contributed by atoms with Gasteiger partial charge < -0.3 is 0 Å². The van der Waals surface area contributed by atoms with E-state index in [1.54, 1.807) is 30.3 Å². The summed E-state index contributed by atoms with van der Waals surface area (Å²) in [6, 6.07) is 13.7. The third kappa shape index (κ3) is 3.08. The fourth-order valence-corrected chi connectivity index (χ4v) is 3.41. The van der Waals surface area contributed by atoms with Gasteiger partial charge in [0.15, 0.2) is 0 Å². The molecule has 100 valence electrons. The van der Waals surface area contributed by atoms with Gasteiger partial charge in [-0.1, -0.05) is 48.9 Å². The van der Waals surface area contributed by atoms with Gasteiger partial charge in [0.2, 0.25) is 0 Å². The molecule has 0 atom stereocenters. The molecule has 0 fully saturated rings. The minimum atomic E-state index is -3.66. The monoisotopic (exact) mass is 295 g/mol. The van der Waals surface area contributed by atoms with Gasteiger partial charge >= 0.3 is 0 Å². The summed E-state index contributed by atoms with van der Waals surface area (Å²) in [6.45, 7) is 1.97. The van der Waals surface area contributed by atoms with Gasteiger partial charge in [-0.25, -0.2) is 8.42 Å². The lowest BCUT2D eigenvalue weighted by atomic mass is 10.1. The van der Waals surface area contributed by atoms with Crippen LogP contribution in [0.2, 0.25) is 5.02 Å². The molecule has 0 bridgehead atoms. The summed E-state index contributed by atoms with van der Waals surface area (Å²) in [5.41, 5.74) is 1.53. The molecular weight excluding hydrogens is 282 g/mol. The fraction of sp³-hybridized carbons (Fsp3) is 0.143. The van der Waals surface area contributed by atoms with E-state index in [9.17, 15) is 8.42 Å². The minimum absolute atomic E-state index is 0.0857. The van der Waals surface area contributed by atoms with Crippen molar-refractivity contribution >= 4 is 27.3 Å². The summed E-state index contributed by atoms with van der Waals surface area (Å²) >= 11 is 5.93. The maximum atomic E-state index is 12.3. The van der Waals surface area contributed by atoms with Crippen LogP contribution in [0.5, 0.6) is 0 Å². The first-order valence-electron chi connectivity index (χ1n) is 5.90. The second kappa shape index (κ2) is 5.63. The number of nitrogens with one attached hydrogen (secondary N) is 1. The third-order valence-corrected chi connectivity index (χ3v) is 4.63. The van der Waals surface area contributed by atoms with E-state index in [-0.39, 0.29) is 9.92 Å². The number of anilines is 1. The fourth-order valence-electron chi connectivity index (χ4n) is 1.79. The van der Waals surface area contributed by atoms with Crippen molar-refractivity contribution in [1.29, 1.82) is 0 Å². The van der Waals surface area contributed by atoms with Crippen LogP contribution in [-0.2, 0) is 16.4 Å². The Labute approximate surface area is 118 Å². The van der Waals surface area contributed by atoms with Gasteiger partial charge in [0.05, 0.1) is 10.7 Å². The van der Waals surface area contributed by atoms with Gasteiger partial charge in [-0.2, -0.15) is 0 Å². The van der Waals surface area contributed by atoms with Crippen LogP contribution in [-0.4, -0.2) is 8.42 Å². The van der Waals surface area contributed by atoms with E-state index in [2.05, 4.69) is 4.72 Å². The normalized spacial score (nSPS) is 11.3. The Bertz CT molecular complexity index is 683. The zero-order chi connectivity index (χ0) is 13.9. The van der Waals surface area contributed by atoms with Crippen LogP contribution in [0, 0.1) is 0 Å². The molecule has 5 heteroatoms. The molecule has 0 unspecified atom stereocenters. The zero-order valence-electron chi connectivity index (χ0n) is 10.4. The molecule has 2 rings (SSSR count). The summed E-state index contributed by atoms with van der Waals surface area (Å²) < 4.78 is 27.2. The minimum Gasteiger partial charge on any atom is -0.279 e. The van der Waals surface area contributed by atoms with Crippen LogP contribution >= 0.6 is 11.6 Å². The van der Waals surface area contributed by atoms with Crippen molar-refractivity contribution in [3.05, 3.63) is 59.1 Å². The first kappa shape index (κ1) is 13.9. The van der Waals surface area contributed by atoms with E-state index in [0.717, 1.165) is 12.0 Å². The lowest BCUT2D eigenvalue weighted by Crippen LogP contribution is -2.14. The van der Waals surface area contributed by atoms with Crippen LogP contribution in [0.15, 0.2) is 53.4 Å². The van der Waals surface area contributed by atoms with Crippen molar-refractivity contribution in [1.82, 2.24) is 0 Å². The highest BCUT2D eigenvalue weighted by molar-refractivity contribution is 7.92. The highest BCUT2D eigenvalue weighted by atomic mass is 35.5. The molecule has 0 aliphatic rings. The van der Waals surface area contributed by atoms with Gasteiger partial charge in [0.25, 0.3) is 10.0 Å². The van der Waals surface area contributed by atoms with Gasteiger partial charge in [-0.3, -0.25) is 4.72 Å². The highest BCUT2D eigenvalue weighted by Crippen LogP contribution is 2.25. The Hall–Kier alpha value is -1.52. The Morgan fingerprint density at radius 2 is 1.68 bits per heavy atom. The molecule has 0 spiro atoms. The van der Waals surface area contributed by atoms with Crippen LogP contribution in [0.1, 0.15) is 12.5 Å². The van der Waals surface area contributed by atoms with Crippen LogP contribution in [0.25, 0.3) is 0 Å². The van der Waals surface area contributed by atoms with E-state index >= 15 is 0 Å². The summed E-state index contributed by atoms with van der Waals surface area (Å²) in [6.07, 6.45) is 0.751. The highest BCUT2D eigenvalue weighted by Gasteiger charge is 2.18. The van der Waals surface area contributed by atoms with Gasteiger partial charge in [-0.15, -0.1) is 0 Å². The summed E-state index contributed by atoms with van der Waals surface area (Å²) in [7, 11) is -3.66. The Morgan fingerprint density at radius 1 is 1.05 bits per heavy atom. The maximum absolute atomic E-state index is 12.3. The van der Waals surface area contributed by atoms with Crippen molar-refractivity contribution in [2.24, 2.45) is 0 Å². The summed E-state index contributed by atoms with van der Waals surface area (Å²) in [4.78, 5) is 0.0857. The number of hydrogen-bond donors (Lipinski definition) is 1. The van der Waals surface area contributed by atoms with Crippen molar-refractivity contribution in [3.8, 4) is 0 Å². The molecule has 2 aromatic rings. The van der Waals surface area contributed by atoms with Crippen molar-refractivity contribution in [2.45, 2.75) is 18.2 Å². The van der Waals surface area contributed by atoms with Crippen molar-refractivity contribution in [2.75, 3.05) is 4.72 Å². The second-order valence-electron chi connectivity index (χ2n) is 4.05. The van der Waals surface area contributed by atoms with Crippen LogP contribution < -0.4 is 4.72 Å². The number of halogens is 1. The number of para-hydroxylation sites is 1. The molecule has 0 radical (unpaired) electrons. The summed E-state index contributed by atoms with van der Waals surface area (Å²) in [5.74, 6) is 0. The van der Waals surface area contributed by atoms with E-state index in [1.807, 2.05) is 19.1 Å². The average Bonchev–Trinajstić information content (AvgIpc) is 2.39. The average molecular weight is 296 g/mol. The quantitative estimate of drug-likeness (QED) is 0.935. The predicted molar refractivity (Wildman–Crippen MR) is 78.1 cm³/mol. The smallest absolute Gasteiger partial charge is 0.263 e. The first-order chi connectivity index (χ1) is 9.04.